The molecule has 0 spiro atoms. The molecular weight excluding hydrogens is 279 g/mol. The molecule has 0 saturated heterocycles. The van der Waals surface area contributed by atoms with Crippen molar-refractivity contribution in [1.82, 2.24) is 14.6 Å². The van der Waals surface area contributed by atoms with Gasteiger partial charge in [0.25, 0.3) is 0 Å². The standard InChI is InChI=1S/C15H12F3N3/c1-10-5-4-8-21-13(19-20-14(10)21)9-11-6-2-3-7-12(11)15(16,17)18/h2-8H,9H2,1H3. The van der Waals surface area contributed by atoms with Crippen LogP contribution in [0.15, 0.2) is 42.6 Å². The average molecular weight is 291 g/mol. The SMILES string of the molecule is Cc1cccn2c(Cc3ccccc3C(F)(F)F)nnc12. The summed E-state index contributed by atoms with van der Waals surface area (Å²) in [6.45, 7) is 1.89. The van der Waals surface area contributed by atoms with Gasteiger partial charge in [0.1, 0.15) is 5.82 Å². The summed E-state index contributed by atoms with van der Waals surface area (Å²) in [4.78, 5) is 0. The Labute approximate surface area is 119 Å². The van der Waals surface area contributed by atoms with Crippen molar-refractivity contribution in [3.8, 4) is 0 Å². The smallest absolute Gasteiger partial charge is 0.286 e. The van der Waals surface area contributed by atoms with E-state index < -0.39 is 11.7 Å². The van der Waals surface area contributed by atoms with Crippen LogP contribution < -0.4 is 0 Å². The monoisotopic (exact) mass is 291 g/mol. The summed E-state index contributed by atoms with van der Waals surface area (Å²) in [5.41, 5.74) is 1.16. The zero-order valence-electron chi connectivity index (χ0n) is 11.2. The van der Waals surface area contributed by atoms with E-state index in [-0.39, 0.29) is 12.0 Å². The molecule has 6 heteroatoms. The van der Waals surface area contributed by atoms with Crippen LogP contribution in [-0.2, 0) is 12.6 Å². The van der Waals surface area contributed by atoms with Gasteiger partial charge in [-0.05, 0) is 30.2 Å². The molecule has 0 radical (unpaired) electrons. The molecule has 0 aliphatic rings. The first kappa shape index (κ1) is 13.6. The van der Waals surface area contributed by atoms with Crippen LogP contribution in [0.25, 0.3) is 5.65 Å². The number of alkyl halides is 3. The van der Waals surface area contributed by atoms with Gasteiger partial charge >= 0.3 is 6.18 Å². The highest BCUT2D eigenvalue weighted by molar-refractivity contribution is 5.47. The second kappa shape index (κ2) is 4.87. The number of hydrogen-bond donors (Lipinski definition) is 0. The van der Waals surface area contributed by atoms with Crippen LogP contribution in [0, 0.1) is 6.92 Å². The second-order valence-electron chi connectivity index (χ2n) is 4.83. The number of aromatic nitrogens is 3. The van der Waals surface area contributed by atoms with Crippen molar-refractivity contribution in [2.24, 2.45) is 0 Å². The van der Waals surface area contributed by atoms with E-state index in [1.54, 1.807) is 16.7 Å². The lowest BCUT2D eigenvalue weighted by molar-refractivity contribution is -0.138. The number of benzene rings is 1. The Balaban J connectivity index is 2.06. The van der Waals surface area contributed by atoms with Crippen molar-refractivity contribution >= 4 is 5.65 Å². The quantitative estimate of drug-likeness (QED) is 0.721. The minimum absolute atomic E-state index is 0.0836. The van der Waals surface area contributed by atoms with Crippen molar-refractivity contribution in [2.45, 2.75) is 19.5 Å². The number of fused-ring (bicyclic) bond motifs is 1. The van der Waals surface area contributed by atoms with E-state index in [4.69, 9.17) is 0 Å². The van der Waals surface area contributed by atoms with Crippen LogP contribution in [0.3, 0.4) is 0 Å². The van der Waals surface area contributed by atoms with E-state index in [0.717, 1.165) is 11.6 Å². The topological polar surface area (TPSA) is 30.2 Å². The number of aryl methyl sites for hydroxylation is 1. The molecule has 0 amide bonds. The first-order valence-corrected chi connectivity index (χ1v) is 6.41. The molecule has 3 nitrogen and oxygen atoms in total. The van der Waals surface area contributed by atoms with E-state index in [1.807, 2.05) is 19.1 Å². The number of rotatable bonds is 2. The molecule has 0 N–H and O–H groups in total. The molecule has 0 aliphatic carbocycles. The molecule has 0 saturated carbocycles. The van der Waals surface area contributed by atoms with Gasteiger partial charge in [0, 0.05) is 12.6 Å². The van der Waals surface area contributed by atoms with Gasteiger partial charge in [0.2, 0.25) is 0 Å². The van der Waals surface area contributed by atoms with Gasteiger partial charge in [-0.2, -0.15) is 13.2 Å². The summed E-state index contributed by atoms with van der Waals surface area (Å²) in [6.07, 6.45) is -2.53. The first-order chi connectivity index (χ1) is 9.97. The number of nitrogens with zero attached hydrogens (tertiary/aromatic N) is 3. The molecule has 3 rings (SSSR count). The minimum Gasteiger partial charge on any atom is -0.286 e. The molecule has 0 bridgehead atoms. The molecule has 0 fully saturated rings. The zero-order valence-corrected chi connectivity index (χ0v) is 11.2. The molecule has 0 unspecified atom stereocenters. The van der Waals surface area contributed by atoms with Gasteiger partial charge in [0.15, 0.2) is 5.65 Å². The summed E-state index contributed by atoms with van der Waals surface area (Å²) >= 11 is 0. The van der Waals surface area contributed by atoms with Crippen LogP contribution >= 0.6 is 0 Å². The molecule has 0 aliphatic heterocycles. The third-order valence-corrected chi connectivity index (χ3v) is 3.37. The molecule has 3 aromatic rings. The van der Waals surface area contributed by atoms with Crippen LogP contribution in [0.1, 0.15) is 22.5 Å². The van der Waals surface area contributed by atoms with Crippen molar-refractivity contribution in [3.05, 3.63) is 65.1 Å². The van der Waals surface area contributed by atoms with Crippen LogP contribution in [0.4, 0.5) is 13.2 Å². The normalized spacial score (nSPS) is 12.0. The van der Waals surface area contributed by atoms with E-state index in [2.05, 4.69) is 10.2 Å². The third-order valence-electron chi connectivity index (χ3n) is 3.37. The zero-order chi connectivity index (χ0) is 15.0. The van der Waals surface area contributed by atoms with Crippen LogP contribution in [-0.4, -0.2) is 14.6 Å². The Kier molecular flexibility index (Phi) is 3.16. The Bertz CT molecular complexity index is 790. The Morgan fingerprint density at radius 1 is 1.05 bits per heavy atom. The van der Waals surface area contributed by atoms with E-state index >= 15 is 0 Å². The predicted molar refractivity (Wildman–Crippen MR) is 72.0 cm³/mol. The van der Waals surface area contributed by atoms with Gasteiger partial charge in [-0.1, -0.05) is 24.3 Å². The summed E-state index contributed by atoms with van der Waals surface area (Å²) in [5, 5.41) is 8.06. The molecule has 0 atom stereocenters. The summed E-state index contributed by atoms with van der Waals surface area (Å²) < 4.78 is 40.8. The van der Waals surface area contributed by atoms with Crippen molar-refractivity contribution in [1.29, 1.82) is 0 Å². The highest BCUT2D eigenvalue weighted by atomic mass is 19.4. The Hall–Kier alpha value is -2.37. The molecule has 108 valence electrons. The average Bonchev–Trinajstić information content (AvgIpc) is 2.83. The van der Waals surface area contributed by atoms with E-state index in [1.165, 1.54) is 12.1 Å². The van der Waals surface area contributed by atoms with Crippen molar-refractivity contribution in [2.75, 3.05) is 0 Å². The van der Waals surface area contributed by atoms with Gasteiger partial charge < -0.3 is 0 Å². The highest BCUT2D eigenvalue weighted by Gasteiger charge is 2.33. The number of pyridine rings is 1. The Morgan fingerprint density at radius 2 is 1.81 bits per heavy atom. The molecule has 2 aromatic heterocycles. The minimum atomic E-state index is -4.37. The lowest BCUT2D eigenvalue weighted by atomic mass is 10.0. The maximum atomic E-state index is 13.0. The lowest BCUT2D eigenvalue weighted by Gasteiger charge is -2.11. The molecular formula is C15H12F3N3. The summed E-state index contributed by atoms with van der Waals surface area (Å²) in [6, 6.07) is 9.25. The number of hydrogen-bond acceptors (Lipinski definition) is 2. The lowest BCUT2D eigenvalue weighted by Crippen LogP contribution is -2.10. The fraction of sp³-hybridized carbons (Fsp3) is 0.200. The summed E-state index contributed by atoms with van der Waals surface area (Å²) in [7, 11) is 0. The maximum Gasteiger partial charge on any atom is 0.416 e. The molecule has 2 heterocycles. The summed E-state index contributed by atoms with van der Waals surface area (Å²) in [5.74, 6) is 0.491. The largest absolute Gasteiger partial charge is 0.416 e. The van der Waals surface area contributed by atoms with Crippen LogP contribution in [0.5, 0.6) is 0 Å². The predicted octanol–water partition coefficient (Wildman–Crippen LogP) is 3.65. The van der Waals surface area contributed by atoms with Gasteiger partial charge in [-0.15, -0.1) is 10.2 Å². The maximum absolute atomic E-state index is 13.0. The van der Waals surface area contributed by atoms with Gasteiger partial charge in [0.05, 0.1) is 5.56 Å². The van der Waals surface area contributed by atoms with E-state index in [9.17, 15) is 13.2 Å². The fourth-order valence-corrected chi connectivity index (χ4v) is 2.34. The third kappa shape index (κ3) is 2.49. The van der Waals surface area contributed by atoms with Gasteiger partial charge in [-0.25, -0.2) is 0 Å². The fourth-order valence-electron chi connectivity index (χ4n) is 2.34. The first-order valence-electron chi connectivity index (χ1n) is 6.41. The highest BCUT2D eigenvalue weighted by Crippen LogP contribution is 2.32. The van der Waals surface area contributed by atoms with Crippen LogP contribution in [0.2, 0.25) is 0 Å². The van der Waals surface area contributed by atoms with Crippen molar-refractivity contribution in [3.63, 3.8) is 0 Å². The number of halogens is 3. The van der Waals surface area contributed by atoms with Gasteiger partial charge in [-0.3, -0.25) is 4.40 Å². The molecule has 1 aromatic carbocycles. The molecule has 21 heavy (non-hydrogen) atoms. The second-order valence-corrected chi connectivity index (χ2v) is 4.83. The Morgan fingerprint density at radius 3 is 2.57 bits per heavy atom. The van der Waals surface area contributed by atoms with E-state index in [0.29, 0.717) is 11.5 Å². The van der Waals surface area contributed by atoms with Crippen molar-refractivity contribution < 1.29 is 13.2 Å².